The molecule has 1 rings (SSSR count). The molecule has 0 bridgehead atoms. The third-order valence-corrected chi connectivity index (χ3v) is 4.80. The summed E-state index contributed by atoms with van der Waals surface area (Å²) in [6.07, 6.45) is 0.930. The van der Waals surface area contributed by atoms with Gasteiger partial charge in [-0.05, 0) is 26.3 Å². The van der Waals surface area contributed by atoms with Crippen LogP contribution in [0.25, 0.3) is 0 Å². The van der Waals surface area contributed by atoms with Gasteiger partial charge in [0.1, 0.15) is 5.54 Å². The molecule has 0 radical (unpaired) electrons. The molecule has 0 amide bonds. The van der Waals surface area contributed by atoms with Gasteiger partial charge in [-0.25, -0.2) is 8.42 Å². The van der Waals surface area contributed by atoms with E-state index in [0.29, 0.717) is 32.5 Å². The third-order valence-electron chi connectivity index (χ3n) is 3.08. The van der Waals surface area contributed by atoms with Crippen molar-refractivity contribution in [2.24, 2.45) is 5.73 Å². The van der Waals surface area contributed by atoms with Gasteiger partial charge in [0.05, 0.1) is 11.5 Å². The second-order valence-electron chi connectivity index (χ2n) is 4.82. The molecule has 0 aliphatic carbocycles. The van der Waals surface area contributed by atoms with Crippen molar-refractivity contribution >= 4 is 15.8 Å². The van der Waals surface area contributed by atoms with Gasteiger partial charge >= 0.3 is 5.97 Å². The van der Waals surface area contributed by atoms with E-state index in [1.807, 2.05) is 4.90 Å². The zero-order valence-electron chi connectivity index (χ0n) is 10.1. The molecule has 7 heteroatoms. The van der Waals surface area contributed by atoms with Gasteiger partial charge in [0.15, 0.2) is 9.84 Å². The average molecular weight is 264 g/mol. The first-order chi connectivity index (χ1) is 7.73. The standard InChI is InChI=1S/C10H20N2O4S/c1-10(11,9(13)14)3-5-12-4-2-7-17(15,16)8-6-12/h2-8,11H2,1H3,(H,13,14). The highest BCUT2D eigenvalue weighted by Crippen LogP contribution is 2.10. The summed E-state index contributed by atoms with van der Waals surface area (Å²) in [6.45, 7) is 3.16. The number of carboxylic acids is 1. The molecule has 0 aromatic heterocycles. The fraction of sp³-hybridized carbons (Fsp3) is 0.900. The van der Waals surface area contributed by atoms with E-state index >= 15 is 0 Å². The summed E-state index contributed by atoms with van der Waals surface area (Å²) >= 11 is 0. The minimum absolute atomic E-state index is 0.154. The molecule has 6 nitrogen and oxygen atoms in total. The first-order valence-corrected chi connectivity index (χ1v) is 7.50. The fourth-order valence-corrected chi connectivity index (χ4v) is 3.02. The van der Waals surface area contributed by atoms with Crippen LogP contribution in [-0.2, 0) is 14.6 Å². The van der Waals surface area contributed by atoms with E-state index in [9.17, 15) is 13.2 Å². The Morgan fingerprint density at radius 1 is 1.41 bits per heavy atom. The summed E-state index contributed by atoms with van der Waals surface area (Å²) < 4.78 is 22.8. The van der Waals surface area contributed by atoms with Gasteiger partial charge in [0, 0.05) is 13.1 Å². The monoisotopic (exact) mass is 264 g/mol. The lowest BCUT2D eigenvalue weighted by molar-refractivity contribution is -0.143. The van der Waals surface area contributed by atoms with E-state index < -0.39 is 21.3 Å². The summed E-state index contributed by atoms with van der Waals surface area (Å²) in [4.78, 5) is 12.8. The second-order valence-corrected chi connectivity index (χ2v) is 7.12. The highest BCUT2D eigenvalue weighted by molar-refractivity contribution is 7.91. The van der Waals surface area contributed by atoms with Crippen molar-refractivity contribution in [2.75, 3.05) is 31.1 Å². The number of nitrogens with two attached hydrogens (primary N) is 1. The first kappa shape index (κ1) is 14.4. The maximum Gasteiger partial charge on any atom is 0.323 e. The van der Waals surface area contributed by atoms with Crippen LogP contribution in [-0.4, -0.2) is 61.1 Å². The Morgan fingerprint density at radius 2 is 2.06 bits per heavy atom. The predicted octanol–water partition coefficient (Wildman–Crippen LogP) is -0.701. The van der Waals surface area contributed by atoms with Gasteiger partial charge in [-0.15, -0.1) is 0 Å². The Bertz CT molecular complexity index is 378. The highest BCUT2D eigenvalue weighted by atomic mass is 32.2. The molecular weight excluding hydrogens is 244 g/mol. The number of carboxylic acid groups (broad SMARTS) is 1. The third kappa shape index (κ3) is 4.61. The zero-order chi connectivity index (χ0) is 13.1. The molecule has 1 fully saturated rings. The van der Waals surface area contributed by atoms with Crippen molar-refractivity contribution in [3.63, 3.8) is 0 Å². The quantitative estimate of drug-likeness (QED) is 0.696. The molecule has 17 heavy (non-hydrogen) atoms. The van der Waals surface area contributed by atoms with Crippen LogP contribution in [0.4, 0.5) is 0 Å². The number of aliphatic carboxylic acids is 1. The van der Waals surface area contributed by atoms with Gasteiger partial charge in [-0.3, -0.25) is 4.79 Å². The average Bonchev–Trinajstić information content (AvgIpc) is 2.36. The van der Waals surface area contributed by atoms with Crippen molar-refractivity contribution in [2.45, 2.75) is 25.3 Å². The van der Waals surface area contributed by atoms with E-state index in [2.05, 4.69) is 0 Å². The number of sulfone groups is 1. The number of nitrogens with zero attached hydrogens (tertiary/aromatic N) is 1. The lowest BCUT2D eigenvalue weighted by atomic mass is 9.99. The van der Waals surface area contributed by atoms with Crippen LogP contribution in [0.5, 0.6) is 0 Å². The molecule has 0 aromatic carbocycles. The number of carbonyl (C=O) groups is 1. The van der Waals surface area contributed by atoms with E-state index in [-0.39, 0.29) is 11.5 Å². The highest BCUT2D eigenvalue weighted by Gasteiger charge is 2.29. The Morgan fingerprint density at radius 3 is 2.65 bits per heavy atom. The molecule has 0 saturated carbocycles. The van der Waals surface area contributed by atoms with Crippen LogP contribution in [0.3, 0.4) is 0 Å². The van der Waals surface area contributed by atoms with Gasteiger partial charge < -0.3 is 15.7 Å². The molecule has 3 N–H and O–H groups in total. The van der Waals surface area contributed by atoms with Crippen molar-refractivity contribution in [3.8, 4) is 0 Å². The molecular formula is C10H20N2O4S. The smallest absolute Gasteiger partial charge is 0.323 e. The lowest BCUT2D eigenvalue weighted by Gasteiger charge is -2.25. The summed E-state index contributed by atoms with van der Waals surface area (Å²) in [5, 5.41) is 8.87. The number of hydrogen-bond donors (Lipinski definition) is 2. The molecule has 1 unspecified atom stereocenters. The molecule has 1 heterocycles. The van der Waals surface area contributed by atoms with Crippen LogP contribution in [0.15, 0.2) is 0 Å². The minimum Gasteiger partial charge on any atom is -0.480 e. The van der Waals surface area contributed by atoms with Crippen LogP contribution >= 0.6 is 0 Å². The molecule has 1 aliphatic rings. The molecule has 0 spiro atoms. The molecule has 1 aliphatic heterocycles. The normalized spacial score (nSPS) is 24.8. The van der Waals surface area contributed by atoms with Crippen molar-refractivity contribution < 1.29 is 18.3 Å². The van der Waals surface area contributed by atoms with Gasteiger partial charge in [-0.1, -0.05) is 0 Å². The summed E-state index contributed by atoms with van der Waals surface area (Å²) in [5.41, 5.74) is 4.38. The van der Waals surface area contributed by atoms with E-state index in [4.69, 9.17) is 10.8 Å². The lowest BCUT2D eigenvalue weighted by Crippen LogP contribution is -2.47. The van der Waals surface area contributed by atoms with E-state index in [1.165, 1.54) is 6.92 Å². The first-order valence-electron chi connectivity index (χ1n) is 5.68. The van der Waals surface area contributed by atoms with Crippen molar-refractivity contribution in [1.29, 1.82) is 0 Å². The van der Waals surface area contributed by atoms with Crippen LogP contribution < -0.4 is 5.73 Å². The maximum atomic E-state index is 11.4. The summed E-state index contributed by atoms with van der Waals surface area (Å²) in [5.74, 6) is -0.649. The number of rotatable bonds is 4. The van der Waals surface area contributed by atoms with Crippen molar-refractivity contribution in [3.05, 3.63) is 0 Å². The molecule has 0 aromatic rings. The number of hydrogen-bond acceptors (Lipinski definition) is 5. The van der Waals surface area contributed by atoms with Crippen LogP contribution in [0.1, 0.15) is 19.8 Å². The molecule has 1 saturated heterocycles. The summed E-state index contributed by atoms with van der Waals surface area (Å²) in [6, 6.07) is 0. The van der Waals surface area contributed by atoms with Gasteiger partial charge in [-0.2, -0.15) is 0 Å². The molecule has 1 atom stereocenters. The minimum atomic E-state index is -2.91. The second kappa shape index (κ2) is 5.32. The fourth-order valence-electron chi connectivity index (χ4n) is 1.71. The molecule has 100 valence electrons. The largest absolute Gasteiger partial charge is 0.480 e. The summed E-state index contributed by atoms with van der Waals surface area (Å²) in [7, 11) is -2.91. The van der Waals surface area contributed by atoms with E-state index in [0.717, 1.165) is 0 Å². The van der Waals surface area contributed by atoms with E-state index in [1.54, 1.807) is 0 Å². The Labute approximate surface area is 102 Å². The Balaban J connectivity index is 2.46. The van der Waals surface area contributed by atoms with Gasteiger partial charge in [0.25, 0.3) is 0 Å². The van der Waals surface area contributed by atoms with Crippen LogP contribution in [0, 0.1) is 0 Å². The Hall–Kier alpha value is -0.660. The van der Waals surface area contributed by atoms with Gasteiger partial charge in [0.2, 0.25) is 0 Å². The maximum absolute atomic E-state index is 11.4. The predicted molar refractivity (Wildman–Crippen MR) is 64.6 cm³/mol. The SMILES string of the molecule is CC(N)(CCN1CCCS(=O)(=O)CC1)C(=O)O. The zero-order valence-corrected chi connectivity index (χ0v) is 10.9. The van der Waals surface area contributed by atoms with Crippen LogP contribution in [0.2, 0.25) is 0 Å². The Kier molecular flexibility index (Phi) is 4.51. The van der Waals surface area contributed by atoms with Crippen molar-refractivity contribution in [1.82, 2.24) is 4.90 Å². The topological polar surface area (TPSA) is 101 Å².